The molecule has 8 atom stereocenters. The highest BCUT2D eigenvalue weighted by atomic mass is 31.2. The van der Waals surface area contributed by atoms with Gasteiger partial charge in [0.1, 0.15) is 59.7 Å². The average molecular weight is 960 g/mol. The quantitative estimate of drug-likeness (QED) is 0.120. The van der Waals surface area contributed by atoms with Crippen LogP contribution in [0.4, 0.5) is 32.4 Å². The van der Waals surface area contributed by atoms with Crippen molar-refractivity contribution in [2.75, 3.05) is 25.0 Å². The summed E-state index contributed by atoms with van der Waals surface area (Å²) >= 11 is 0. The molecule has 4 fully saturated rings. The van der Waals surface area contributed by atoms with E-state index in [1.54, 1.807) is 0 Å². The van der Waals surface area contributed by atoms with Gasteiger partial charge in [-0.15, -0.1) is 13.2 Å². The fraction of sp³-hybridized carbons (Fsp3) is 0.525. The smallest absolute Gasteiger partial charge is 0.458 e. The minimum atomic E-state index is -5.26. The molecule has 360 valence electrons. The number of fused-ring (bicyclic) bond motifs is 3. The van der Waals surface area contributed by atoms with E-state index in [0.717, 1.165) is 41.3 Å². The number of alkyl halides is 3. The molecular weight excluding hydrogens is 912 g/mol. The Kier molecular flexibility index (Phi) is 15.2. The number of carbonyl (C=O) groups excluding carboxylic acids is 7. The highest BCUT2D eigenvalue weighted by molar-refractivity contribution is 7.46. The fourth-order valence-electron chi connectivity index (χ4n) is 8.48. The van der Waals surface area contributed by atoms with Gasteiger partial charge in [-0.2, -0.15) is 0 Å². The molecule has 2 aromatic rings. The van der Waals surface area contributed by atoms with E-state index in [1.165, 1.54) is 23.6 Å². The zero-order valence-electron chi connectivity index (χ0n) is 35.3. The van der Waals surface area contributed by atoms with Gasteiger partial charge in [0.25, 0.3) is 0 Å². The Morgan fingerprint density at radius 2 is 1.52 bits per heavy atom. The number of anilines is 1. The van der Waals surface area contributed by atoms with Gasteiger partial charge in [0, 0.05) is 44.2 Å². The van der Waals surface area contributed by atoms with E-state index in [-0.39, 0.29) is 37.2 Å². The number of benzene rings is 2. The Morgan fingerprint density at radius 1 is 0.879 bits per heavy atom. The van der Waals surface area contributed by atoms with Crippen molar-refractivity contribution in [3.05, 3.63) is 59.7 Å². The lowest BCUT2D eigenvalue weighted by Gasteiger charge is -2.39. The number of nitrogens with one attached hydrogen (secondary N) is 4. The lowest BCUT2D eigenvalue weighted by atomic mass is 9.98. The summed E-state index contributed by atoms with van der Waals surface area (Å²) in [6.07, 6.45) is -7.86. The van der Waals surface area contributed by atoms with Crippen LogP contribution in [0.15, 0.2) is 42.5 Å². The molecule has 4 aliphatic heterocycles. The van der Waals surface area contributed by atoms with E-state index in [1.807, 2.05) is 0 Å². The summed E-state index contributed by atoms with van der Waals surface area (Å²) in [7, 11) is -5.26. The average Bonchev–Trinajstić information content (AvgIpc) is 3.88. The molecule has 0 aromatic heterocycles. The number of urea groups is 1. The van der Waals surface area contributed by atoms with Crippen LogP contribution in [0.2, 0.25) is 0 Å². The molecule has 4 aliphatic rings. The number of phosphoric ester groups is 1. The number of amides is 7. The number of nitrogens with zero attached hydrogens (tertiary/aromatic N) is 3. The number of carbonyl (C=O) groups is 7. The first-order chi connectivity index (χ1) is 31.0. The maximum atomic E-state index is 14.9. The SMILES string of the molecule is C[C@@H]1NC(=O)[C@@H]2CCCCN2C(=O)[C@@H]2C[C@@H](OP(=O)(O)O)CN2C(=O)[C@@H](NC(=O)[C@H](Cc2cc(F)cc(F)c2)NC(=O)Nc2ccc(OC(F)(F)F)cc2)[C@H](C)OC(=O)[C@@H]2CCCN2C1=O. The normalized spacial score (nSPS) is 26.1. The molecule has 0 unspecified atom stereocenters. The topological polar surface area (TPSA) is 263 Å². The monoisotopic (exact) mass is 959 g/mol. The van der Waals surface area contributed by atoms with Crippen molar-refractivity contribution in [2.24, 2.45) is 0 Å². The van der Waals surface area contributed by atoms with Crippen LogP contribution in [0, 0.1) is 11.6 Å². The number of hydrogen-bond donors (Lipinski definition) is 6. The molecule has 2 aromatic carbocycles. The van der Waals surface area contributed by atoms with Crippen molar-refractivity contribution in [2.45, 2.75) is 114 Å². The van der Waals surface area contributed by atoms with Crippen LogP contribution in [0.3, 0.4) is 0 Å². The lowest BCUT2D eigenvalue weighted by molar-refractivity contribution is -0.274. The summed E-state index contributed by atoms with van der Waals surface area (Å²) in [5.41, 5.74) is -0.293. The highest BCUT2D eigenvalue weighted by Gasteiger charge is 2.50. The van der Waals surface area contributed by atoms with E-state index >= 15 is 0 Å². The molecule has 7 amide bonds. The maximum Gasteiger partial charge on any atom is 0.573 e. The van der Waals surface area contributed by atoms with E-state index in [4.69, 9.17) is 9.26 Å². The number of halogens is 5. The van der Waals surface area contributed by atoms with Crippen molar-refractivity contribution in [3.63, 3.8) is 0 Å². The Bertz CT molecular complexity index is 2230. The molecule has 0 spiro atoms. The number of phosphoric acid groups is 1. The fourth-order valence-corrected chi connectivity index (χ4v) is 9.02. The summed E-state index contributed by atoms with van der Waals surface area (Å²) < 4.78 is 93.4. The third kappa shape index (κ3) is 12.5. The van der Waals surface area contributed by atoms with Crippen LogP contribution in [0.5, 0.6) is 5.75 Å². The minimum absolute atomic E-state index is 0.00570. The number of piperidine rings is 1. The Labute approximate surface area is 373 Å². The van der Waals surface area contributed by atoms with Crippen LogP contribution >= 0.6 is 7.82 Å². The first-order valence-corrected chi connectivity index (χ1v) is 22.3. The number of ether oxygens (including phenoxy) is 2. The summed E-state index contributed by atoms with van der Waals surface area (Å²) in [6.45, 7) is 2.01. The maximum absolute atomic E-state index is 14.9. The van der Waals surface area contributed by atoms with Crippen molar-refractivity contribution < 1.29 is 83.9 Å². The van der Waals surface area contributed by atoms with Gasteiger partial charge in [0.05, 0.1) is 6.10 Å². The van der Waals surface area contributed by atoms with Crippen molar-refractivity contribution in [1.29, 1.82) is 0 Å². The first kappa shape index (κ1) is 49.5. The third-order valence-corrected chi connectivity index (χ3v) is 12.0. The van der Waals surface area contributed by atoms with Crippen LogP contribution in [0.1, 0.15) is 57.9 Å². The Morgan fingerprint density at radius 3 is 2.17 bits per heavy atom. The molecule has 0 saturated carbocycles. The number of hydrogen-bond acceptors (Lipinski definition) is 11. The minimum Gasteiger partial charge on any atom is -0.458 e. The van der Waals surface area contributed by atoms with Crippen LogP contribution in [-0.2, 0) is 49.0 Å². The second-order valence-electron chi connectivity index (χ2n) is 16.3. The molecule has 4 heterocycles. The van der Waals surface area contributed by atoms with Gasteiger partial charge in [0.15, 0.2) is 0 Å². The van der Waals surface area contributed by atoms with Gasteiger partial charge < -0.3 is 55.2 Å². The molecule has 0 bridgehead atoms. The highest BCUT2D eigenvalue weighted by Crippen LogP contribution is 2.41. The van der Waals surface area contributed by atoms with E-state index in [2.05, 4.69) is 26.0 Å². The molecule has 20 nitrogen and oxygen atoms in total. The van der Waals surface area contributed by atoms with Gasteiger partial charge in [-0.05, 0) is 87.9 Å². The van der Waals surface area contributed by atoms with Gasteiger partial charge in [-0.1, -0.05) is 0 Å². The molecular formula is C40H47F5N7O13P. The standard InChI is InChI=1S/C40H47F5N7O13P/c1-20-35(55)51-13-5-7-30(51)38(58)63-21(2)32(37(57)52-19-27(65-66(60,61)62)18-31(52)36(56)50-12-4-3-6-29(50)34(54)46-20)49-33(53)28(16-22-14-23(41)17-24(42)15-22)48-39(59)47-25-8-10-26(11-9-25)64-40(43,44)45/h8-11,14-15,17,20-21,27-32H,3-7,12-13,16,18-19H2,1-2H3,(H,46,54)(H,49,53)(H2,47,48,59)(H2,60,61,62)/t20-,21-,27+,28-,29-,30-,31-,32-/m0/s1. The van der Waals surface area contributed by atoms with E-state index in [0.29, 0.717) is 25.3 Å². The summed E-state index contributed by atoms with van der Waals surface area (Å²) in [5, 5.41) is 9.60. The molecule has 4 saturated heterocycles. The molecule has 6 rings (SSSR count). The summed E-state index contributed by atoms with van der Waals surface area (Å²) in [5.74, 6) is -8.41. The second-order valence-corrected chi connectivity index (χ2v) is 17.4. The largest absolute Gasteiger partial charge is 0.573 e. The number of cyclic esters (lactones) is 1. The first-order valence-electron chi connectivity index (χ1n) is 20.8. The predicted molar refractivity (Wildman–Crippen MR) is 215 cm³/mol. The molecule has 66 heavy (non-hydrogen) atoms. The molecule has 0 aliphatic carbocycles. The Balaban J connectivity index is 1.36. The van der Waals surface area contributed by atoms with Crippen molar-refractivity contribution in [3.8, 4) is 5.75 Å². The van der Waals surface area contributed by atoms with Gasteiger partial charge >= 0.3 is 26.2 Å². The lowest BCUT2D eigenvalue weighted by Crippen LogP contribution is -2.63. The zero-order chi connectivity index (χ0) is 48.2. The second kappa shape index (κ2) is 20.3. The van der Waals surface area contributed by atoms with Gasteiger partial charge in [-0.25, -0.2) is 22.9 Å². The van der Waals surface area contributed by atoms with Gasteiger partial charge in [-0.3, -0.25) is 28.5 Å². The van der Waals surface area contributed by atoms with E-state index in [9.17, 15) is 69.9 Å². The summed E-state index contributed by atoms with van der Waals surface area (Å²) in [6, 6.07) is -4.13. The van der Waals surface area contributed by atoms with Crippen molar-refractivity contribution >= 4 is 55.0 Å². The predicted octanol–water partition coefficient (Wildman–Crippen LogP) is 1.98. The van der Waals surface area contributed by atoms with Gasteiger partial charge in [0.2, 0.25) is 29.5 Å². The molecule has 0 radical (unpaired) electrons. The zero-order valence-corrected chi connectivity index (χ0v) is 36.2. The van der Waals surface area contributed by atoms with Crippen LogP contribution < -0.4 is 26.0 Å². The Hall–Kier alpha value is -5.91. The number of esters is 1. The molecule has 26 heteroatoms. The van der Waals surface area contributed by atoms with Crippen LogP contribution in [-0.4, -0.2) is 140 Å². The van der Waals surface area contributed by atoms with Crippen molar-refractivity contribution in [1.82, 2.24) is 30.7 Å². The summed E-state index contributed by atoms with van der Waals surface area (Å²) in [4.78, 5) is 121. The van der Waals surface area contributed by atoms with E-state index < -0.39 is 141 Å². The third-order valence-electron chi connectivity index (χ3n) is 11.4. The van der Waals surface area contributed by atoms with Crippen LogP contribution in [0.25, 0.3) is 0 Å². The molecule has 6 N–H and O–H groups in total. The number of rotatable bonds is 9.